The quantitative estimate of drug-likeness (QED) is 0.432. The third-order valence-corrected chi connectivity index (χ3v) is 2.94. The number of ether oxygens (including phenoxy) is 2. The van der Waals surface area contributed by atoms with E-state index in [1.165, 1.54) is 6.33 Å². The Morgan fingerprint density at radius 1 is 1.26 bits per heavy atom. The van der Waals surface area contributed by atoms with Gasteiger partial charge in [0.05, 0.1) is 18.6 Å². The molecule has 0 amide bonds. The maximum absolute atomic E-state index is 11.4. The van der Waals surface area contributed by atoms with E-state index >= 15 is 0 Å². The highest BCUT2D eigenvalue weighted by molar-refractivity contribution is 5.74. The molecule has 0 bridgehead atoms. The lowest BCUT2D eigenvalue weighted by atomic mass is 10.3. The molecule has 0 spiro atoms. The molecule has 2 N–H and O–H groups in total. The average molecular weight is 319 g/mol. The highest BCUT2D eigenvalue weighted by Gasteiger charge is 2.22. The van der Waals surface area contributed by atoms with E-state index in [9.17, 15) is 10.1 Å². The van der Waals surface area contributed by atoms with Gasteiger partial charge in [0, 0.05) is 25.4 Å². The van der Waals surface area contributed by atoms with Crippen LogP contribution in [0.2, 0.25) is 0 Å². The first-order valence-corrected chi connectivity index (χ1v) is 6.79. The molecule has 1 aromatic heterocycles. The summed E-state index contributed by atoms with van der Waals surface area (Å²) in [4.78, 5) is 18.7. The lowest BCUT2D eigenvalue weighted by Gasteiger charge is -2.10. The fraction of sp³-hybridized carbons (Fsp3) is 0.286. The number of methoxy groups -OCH3 is 2. The van der Waals surface area contributed by atoms with Crippen molar-refractivity contribution in [3.8, 4) is 5.75 Å². The number of anilines is 3. The topological polar surface area (TPSA) is 111 Å². The molecule has 0 fully saturated rings. The van der Waals surface area contributed by atoms with E-state index in [1.807, 2.05) is 0 Å². The molecule has 9 heteroatoms. The number of benzene rings is 1. The van der Waals surface area contributed by atoms with Gasteiger partial charge in [0.1, 0.15) is 12.1 Å². The minimum atomic E-state index is -0.530. The van der Waals surface area contributed by atoms with Crippen LogP contribution < -0.4 is 15.4 Å². The molecule has 0 aliphatic carbocycles. The summed E-state index contributed by atoms with van der Waals surface area (Å²) in [7, 11) is 3.09. The van der Waals surface area contributed by atoms with E-state index in [0.29, 0.717) is 24.6 Å². The van der Waals surface area contributed by atoms with Crippen molar-refractivity contribution in [1.29, 1.82) is 0 Å². The van der Waals surface area contributed by atoms with E-state index < -0.39 is 4.92 Å². The molecule has 23 heavy (non-hydrogen) atoms. The molecule has 0 saturated heterocycles. The van der Waals surface area contributed by atoms with Crippen LogP contribution in [0, 0.1) is 10.1 Å². The molecule has 0 aliphatic heterocycles. The second kappa shape index (κ2) is 7.90. The Balaban J connectivity index is 2.29. The fourth-order valence-corrected chi connectivity index (χ4v) is 1.88. The van der Waals surface area contributed by atoms with Gasteiger partial charge in [-0.1, -0.05) is 6.07 Å². The number of nitro groups is 1. The first-order chi connectivity index (χ1) is 11.2. The Morgan fingerprint density at radius 2 is 2.04 bits per heavy atom. The normalized spacial score (nSPS) is 10.2. The molecule has 0 saturated carbocycles. The molecule has 0 unspecified atom stereocenters. The first kappa shape index (κ1) is 16.4. The Kier molecular flexibility index (Phi) is 5.64. The van der Waals surface area contributed by atoms with E-state index in [0.717, 1.165) is 0 Å². The van der Waals surface area contributed by atoms with Crippen LogP contribution in [0.3, 0.4) is 0 Å². The second-order valence-corrected chi connectivity index (χ2v) is 4.45. The largest absolute Gasteiger partial charge is 0.497 e. The molecule has 2 rings (SSSR count). The molecule has 1 aromatic carbocycles. The maximum atomic E-state index is 11.4. The summed E-state index contributed by atoms with van der Waals surface area (Å²) in [5.74, 6) is 0.857. The number of nitrogens with one attached hydrogen (secondary N) is 2. The second-order valence-electron chi connectivity index (χ2n) is 4.45. The minimum Gasteiger partial charge on any atom is -0.497 e. The van der Waals surface area contributed by atoms with Gasteiger partial charge in [0.25, 0.3) is 0 Å². The molecule has 0 atom stereocenters. The predicted octanol–water partition coefficient (Wildman–Crippen LogP) is 2.20. The van der Waals surface area contributed by atoms with E-state index in [1.54, 1.807) is 38.5 Å². The van der Waals surface area contributed by atoms with Gasteiger partial charge in [0.2, 0.25) is 11.6 Å². The molecule has 0 radical (unpaired) electrons. The van der Waals surface area contributed by atoms with Crippen molar-refractivity contribution in [1.82, 2.24) is 9.97 Å². The summed E-state index contributed by atoms with van der Waals surface area (Å²) < 4.78 is 10.0. The standard InChI is InChI=1S/C14H17N5O4/c1-22-7-6-15-13-12(19(20)21)14(17-9-16-13)18-10-4-3-5-11(8-10)23-2/h3-5,8-9H,6-7H2,1-2H3,(H2,15,16,17,18). The Bertz CT molecular complexity index is 680. The predicted molar refractivity (Wildman–Crippen MR) is 85.3 cm³/mol. The van der Waals surface area contributed by atoms with Gasteiger partial charge in [-0.3, -0.25) is 10.1 Å². The molecule has 1 heterocycles. The zero-order chi connectivity index (χ0) is 16.7. The van der Waals surface area contributed by atoms with E-state index in [-0.39, 0.29) is 17.3 Å². The summed E-state index contributed by atoms with van der Waals surface area (Å²) in [6.45, 7) is 0.798. The van der Waals surface area contributed by atoms with E-state index in [4.69, 9.17) is 9.47 Å². The van der Waals surface area contributed by atoms with Gasteiger partial charge in [-0.05, 0) is 12.1 Å². The van der Waals surface area contributed by atoms with Crippen LogP contribution in [0.5, 0.6) is 5.75 Å². The first-order valence-electron chi connectivity index (χ1n) is 6.79. The summed E-state index contributed by atoms with van der Waals surface area (Å²) in [5, 5.41) is 17.2. The number of aromatic nitrogens is 2. The van der Waals surface area contributed by atoms with Crippen LogP contribution in [0.25, 0.3) is 0 Å². The van der Waals surface area contributed by atoms with E-state index in [2.05, 4.69) is 20.6 Å². The average Bonchev–Trinajstić information content (AvgIpc) is 2.55. The van der Waals surface area contributed by atoms with Gasteiger partial charge < -0.3 is 20.1 Å². The summed E-state index contributed by atoms with van der Waals surface area (Å²) in [5.41, 5.74) is 0.389. The third-order valence-electron chi connectivity index (χ3n) is 2.94. The fourth-order valence-electron chi connectivity index (χ4n) is 1.88. The zero-order valence-corrected chi connectivity index (χ0v) is 12.8. The van der Waals surface area contributed by atoms with Gasteiger partial charge >= 0.3 is 5.69 Å². The monoisotopic (exact) mass is 319 g/mol. The SMILES string of the molecule is COCCNc1ncnc(Nc2cccc(OC)c2)c1[N+](=O)[O-]. The van der Waals surface area contributed by atoms with Crippen LogP contribution in [0.1, 0.15) is 0 Å². The summed E-state index contributed by atoms with van der Waals surface area (Å²) >= 11 is 0. The van der Waals surface area contributed by atoms with Gasteiger partial charge in [0.15, 0.2) is 0 Å². The van der Waals surface area contributed by atoms with Crippen molar-refractivity contribution >= 4 is 23.0 Å². The van der Waals surface area contributed by atoms with Crippen molar-refractivity contribution in [2.45, 2.75) is 0 Å². The summed E-state index contributed by atoms with van der Waals surface area (Å²) in [6, 6.07) is 7.01. The van der Waals surface area contributed by atoms with Crippen molar-refractivity contribution in [3.63, 3.8) is 0 Å². The molecule has 2 aromatic rings. The Labute approximate surface area is 132 Å². The number of nitrogens with zero attached hydrogens (tertiary/aromatic N) is 3. The maximum Gasteiger partial charge on any atom is 0.353 e. The minimum absolute atomic E-state index is 0.0955. The smallest absolute Gasteiger partial charge is 0.353 e. The highest BCUT2D eigenvalue weighted by Crippen LogP contribution is 2.31. The van der Waals surface area contributed by atoms with Gasteiger partial charge in [-0.25, -0.2) is 9.97 Å². The number of hydrogen-bond donors (Lipinski definition) is 2. The molecular formula is C14H17N5O4. The zero-order valence-electron chi connectivity index (χ0n) is 12.8. The van der Waals surface area contributed by atoms with Crippen molar-refractivity contribution in [3.05, 3.63) is 40.7 Å². The van der Waals surface area contributed by atoms with Crippen molar-refractivity contribution < 1.29 is 14.4 Å². The molecule has 9 nitrogen and oxygen atoms in total. The highest BCUT2D eigenvalue weighted by atomic mass is 16.6. The lowest BCUT2D eigenvalue weighted by molar-refractivity contribution is -0.383. The number of hydrogen-bond acceptors (Lipinski definition) is 8. The van der Waals surface area contributed by atoms with Crippen LogP contribution >= 0.6 is 0 Å². The van der Waals surface area contributed by atoms with Crippen LogP contribution in [0.4, 0.5) is 23.0 Å². The lowest BCUT2D eigenvalue weighted by Crippen LogP contribution is -2.12. The van der Waals surface area contributed by atoms with Gasteiger partial charge in [-0.15, -0.1) is 0 Å². The summed E-state index contributed by atoms with van der Waals surface area (Å²) in [6.07, 6.45) is 1.25. The van der Waals surface area contributed by atoms with Crippen molar-refractivity contribution in [2.24, 2.45) is 0 Å². The molecular weight excluding hydrogens is 302 g/mol. The van der Waals surface area contributed by atoms with Crippen LogP contribution in [0.15, 0.2) is 30.6 Å². The molecule has 122 valence electrons. The Hall–Kier alpha value is -2.94. The molecule has 0 aliphatic rings. The van der Waals surface area contributed by atoms with Crippen LogP contribution in [-0.2, 0) is 4.74 Å². The van der Waals surface area contributed by atoms with Crippen molar-refractivity contribution in [2.75, 3.05) is 38.0 Å². The Morgan fingerprint density at radius 3 is 2.74 bits per heavy atom. The third kappa shape index (κ3) is 4.27. The van der Waals surface area contributed by atoms with Gasteiger partial charge in [-0.2, -0.15) is 0 Å². The van der Waals surface area contributed by atoms with Crippen LogP contribution in [-0.4, -0.2) is 42.3 Å². The number of rotatable bonds is 8.